The van der Waals surface area contributed by atoms with Gasteiger partial charge < -0.3 is 10.2 Å². The molecule has 2 unspecified atom stereocenters. The third-order valence-electron chi connectivity index (χ3n) is 6.00. The van der Waals surface area contributed by atoms with Gasteiger partial charge in [-0.15, -0.1) is 11.3 Å². The molecular formula is C24H24F4N4OS. The van der Waals surface area contributed by atoms with E-state index in [2.05, 4.69) is 15.3 Å². The minimum atomic E-state index is -4.46. The van der Waals surface area contributed by atoms with E-state index in [1.807, 2.05) is 13.8 Å². The number of rotatable bonds is 5. The Labute approximate surface area is 198 Å². The van der Waals surface area contributed by atoms with Gasteiger partial charge in [-0.25, -0.2) is 14.4 Å². The van der Waals surface area contributed by atoms with Crippen LogP contribution in [0, 0.1) is 18.7 Å². The lowest BCUT2D eigenvalue weighted by molar-refractivity contribution is -0.137. The molecule has 1 aliphatic rings. The van der Waals surface area contributed by atoms with E-state index in [1.165, 1.54) is 23.5 Å². The first-order chi connectivity index (χ1) is 16.1. The van der Waals surface area contributed by atoms with Crippen LogP contribution in [0.2, 0.25) is 0 Å². The van der Waals surface area contributed by atoms with Crippen molar-refractivity contribution < 1.29 is 22.4 Å². The number of nitrogens with zero attached hydrogens (tertiary/aromatic N) is 3. The van der Waals surface area contributed by atoms with E-state index in [4.69, 9.17) is 0 Å². The molecule has 1 fully saturated rings. The van der Waals surface area contributed by atoms with Gasteiger partial charge in [0.05, 0.1) is 22.3 Å². The number of carbonyl (C=O) groups excluding carboxylic acids is 1. The fourth-order valence-electron chi connectivity index (χ4n) is 4.23. The predicted octanol–water partition coefficient (Wildman–Crippen LogP) is 6.02. The summed E-state index contributed by atoms with van der Waals surface area (Å²) in [5.41, 5.74) is 0.387. The molecule has 180 valence electrons. The van der Waals surface area contributed by atoms with Crippen LogP contribution in [0.15, 0.2) is 42.6 Å². The molecule has 1 saturated heterocycles. The number of amides is 1. The first-order valence-electron chi connectivity index (χ1n) is 10.9. The monoisotopic (exact) mass is 492 g/mol. The van der Waals surface area contributed by atoms with E-state index in [-0.39, 0.29) is 36.0 Å². The maximum absolute atomic E-state index is 13.7. The van der Waals surface area contributed by atoms with Crippen molar-refractivity contribution in [2.75, 3.05) is 18.4 Å². The Kier molecular flexibility index (Phi) is 6.88. The van der Waals surface area contributed by atoms with E-state index in [0.717, 1.165) is 36.2 Å². The average Bonchev–Trinajstić information content (AvgIpc) is 3.19. The number of halogens is 4. The number of aryl methyl sites for hydroxylation is 1. The molecule has 5 nitrogen and oxygen atoms in total. The fourth-order valence-corrected chi connectivity index (χ4v) is 5.13. The van der Waals surface area contributed by atoms with Gasteiger partial charge in [0.2, 0.25) is 0 Å². The molecule has 1 aromatic carbocycles. The third-order valence-corrected chi connectivity index (χ3v) is 6.96. The van der Waals surface area contributed by atoms with E-state index in [1.54, 1.807) is 17.0 Å². The number of hydrogen-bond acceptors (Lipinski definition) is 5. The number of pyridine rings is 1. The van der Waals surface area contributed by atoms with Gasteiger partial charge in [0, 0.05) is 24.8 Å². The van der Waals surface area contributed by atoms with Crippen molar-refractivity contribution in [3.05, 3.63) is 63.9 Å². The SMILES string of the molecule is Cc1nc(-c2ccc(F)cc2)c(C(=O)N2CCCC(C)C2CNc2cc(C(F)(F)F)ccn2)s1. The molecule has 0 aliphatic carbocycles. The number of piperidine rings is 1. The van der Waals surface area contributed by atoms with Crippen molar-refractivity contribution in [2.45, 2.75) is 38.9 Å². The van der Waals surface area contributed by atoms with Crippen LogP contribution in [0.25, 0.3) is 11.3 Å². The highest BCUT2D eigenvalue weighted by molar-refractivity contribution is 7.14. The molecule has 3 heterocycles. The van der Waals surface area contributed by atoms with Crippen LogP contribution >= 0.6 is 11.3 Å². The topological polar surface area (TPSA) is 58.1 Å². The number of hydrogen-bond donors (Lipinski definition) is 1. The van der Waals surface area contributed by atoms with Crippen LogP contribution in [0.1, 0.15) is 40.0 Å². The molecule has 10 heteroatoms. The maximum Gasteiger partial charge on any atom is 0.416 e. The molecule has 2 aromatic heterocycles. The summed E-state index contributed by atoms with van der Waals surface area (Å²) in [7, 11) is 0. The number of carbonyl (C=O) groups is 1. The molecule has 0 saturated carbocycles. The first kappa shape index (κ1) is 24.1. The lowest BCUT2D eigenvalue weighted by atomic mass is 9.90. The minimum absolute atomic E-state index is 0.112. The molecule has 3 aromatic rings. The summed E-state index contributed by atoms with van der Waals surface area (Å²) in [6, 6.07) is 7.51. The van der Waals surface area contributed by atoms with Crippen molar-refractivity contribution in [3.8, 4) is 11.3 Å². The molecule has 0 bridgehead atoms. The normalized spacial score (nSPS) is 18.7. The summed E-state index contributed by atoms with van der Waals surface area (Å²) in [6.07, 6.45) is -1.61. The van der Waals surface area contributed by atoms with Crippen LogP contribution in [-0.4, -0.2) is 39.9 Å². The smallest absolute Gasteiger partial charge is 0.368 e. The quantitative estimate of drug-likeness (QED) is 0.442. The van der Waals surface area contributed by atoms with E-state index in [0.29, 0.717) is 22.7 Å². The Hall–Kier alpha value is -3.01. The van der Waals surface area contributed by atoms with Gasteiger partial charge in [0.1, 0.15) is 16.5 Å². The third kappa shape index (κ3) is 5.22. The number of benzene rings is 1. The van der Waals surface area contributed by atoms with Crippen molar-refractivity contribution in [3.63, 3.8) is 0 Å². The highest BCUT2D eigenvalue weighted by Crippen LogP contribution is 2.33. The fraction of sp³-hybridized carbons (Fsp3) is 0.375. The molecule has 2 atom stereocenters. The Bertz CT molecular complexity index is 1160. The van der Waals surface area contributed by atoms with Gasteiger partial charge in [0.25, 0.3) is 5.91 Å². The minimum Gasteiger partial charge on any atom is -0.368 e. The molecule has 0 radical (unpaired) electrons. The van der Waals surface area contributed by atoms with E-state index in [9.17, 15) is 22.4 Å². The zero-order valence-electron chi connectivity index (χ0n) is 18.7. The number of nitrogens with one attached hydrogen (secondary N) is 1. The maximum atomic E-state index is 13.7. The van der Waals surface area contributed by atoms with Gasteiger partial charge in [-0.3, -0.25) is 4.79 Å². The van der Waals surface area contributed by atoms with Crippen LogP contribution in [0.3, 0.4) is 0 Å². The van der Waals surface area contributed by atoms with E-state index < -0.39 is 11.7 Å². The summed E-state index contributed by atoms with van der Waals surface area (Å²) in [5, 5.41) is 3.71. The number of anilines is 1. The Morgan fingerprint density at radius 2 is 1.97 bits per heavy atom. The Morgan fingerprint density at radius 1 is 1.24 bits per heavy atom. The molecular weight excluding hydrogens is 468 g/mol. The lowest BCUT2D eigenvalue weighted by Gasteiger charge is -2.40. The number of likely N-dealkylation sites (tertiary alicyclic amines) is 1. The Balaban J connectivity index is 1.57. The number of thiazole rings is 1. The van der Waals surface area contributed by atoms with Crippen molar-refractivity contribution in [2.24, 2.45) is 5.92 Å². The first-order valence-corrected chi connectivity index (χ1v) is 11.8. The van der Waals surface area contributed by atoms with Crippen molar-refractivity contribution in [1.29, 1.82) is 0 Å². The van der Waals surface area contributed by atoms with Gasteiger partial charge in [0.15, 0.2) is 0 Å². The zero-order valence-corrected chi connectivity index (χ0v) is 19.5. The van der Waals surface area contributed by atoms with Crippen LogP contribution in [0.5, 0.6) is 0 Å². The highest BCUT2D eigenvalue weighted by Gasteiger charge is 2.35. The summed E-state index contributed by atoms with van der Waals surface area (Å²) >= 11 is 1.28. The van der Waals surface area contributed by atoms with Crippen molar-refractivity contribution >= 4 is 23.1 Å². The summed E-state index contributed by atoms with van der Waals surface area (Å²) < 4.78 is 52.5. The number of alkyl halides is 3. The summed E-state index contributed by atoms with van der Waals surface area (Å²) in [6.45, 7) is 4.64. The predicted molar refractivity (Wildman–Crippen MR) is 123 cm³/mol. The standard InChI is InChI=1S/C24H24F4N4OS/c1-14-4-3-11-32(19(14)13-30-20-12-17(9-10-29-20)24(26,27)28)23(33)22-21(31-15(2)34-22)16-5-7-18(25)8-6-16/h5-10,12,14,19H,3-4,11,13H2,1-2H3,(H,29,30). The van der Waals surface area contributed by atoms with Gasteiger partial charge >= 0.3 is 6.18 Å². The van der Waals surface area contributed by atoms with Gasteiger partial charge in [-0.2, -0.15) is 13.2 Å². The van der Waals surface area contributed by atoms with Gasteiger partial charge in [-0.1, -0.05) is 6.92 Å². The van der Waals surface area contributed by atoms with Crippen LogP contribution in [-0.2, 0) is 6.18 Å². The number of aromatic nitrogens is 2. The van der Waals surface area contributed by atoms with Crippen LogP contribution < -0.4 is 5.32 Å². The summed E-state index contributed by atoms with van der Waals surface area (Å²) in [5.74, 6) is -0.303. The molecule has 1 amide bonds. The molecule has 1 aliphatic heterocycles. The highest BCUT2D eigenvalue weighted by atomic mass is 32.1. The molecule has 4 rings (SSSR count). The molecule has 34 heavy (non-hydrogen) atoms. The second-order valence-corrected chi connectivity index (χ2v) is 9.61. The largest absolute Gasteiger partial charge is 0.416 e. The second kappa shape index (κ2) is 9.69. The second-order valence-electron chi connectivity index (χ2n) is 8.41. The average molecular weight is 493 g/mol. The summed E-state index contributed by atoms with van der Waals surface area (Å²) in [4.78, 5) is 24.4. The molecule has 0 spiro atoms. The molecule has 1 N–H and O–H groups in total. The van der Waals surface area contributed by atoms with E-state index >= 15 is 0 Å². The zero-order chi connectivity index (χ0) is 24.5. The lowest BCUT2D eigenvalue weighted by Crippen LogP contribution is -2.51. The van der Waals surface area contributed by atoms with Crippen LogP contribution in [0.4, 0.5) is 23.4 Å². The van der Waals surface area contributed by atoms with Crippen molar-refractivity contribution in [1.82, 2.24) is 14.9 Å². The van der Waals surface area contributed by atoms with Gasteiger partial charge in [-0.05, 0) is 62.1 Å². The Morgan fingerprint density at radius 3 is 2.68 bits per heavy atom.